The molecule has 0 unspecified atom stereocenters. The van der Waals surface area contributed by atoms with Crippen molar-refractivity contribution >= 4 is 16.9 Å². The van der Waals surface area contributed by atoms with Gasteiger partial charge in [0, 0.05) is 22.6 Å². The average molecular weight is 324 g/mol. The van der Waals surface area contributed by atoms with E-state index in [9.17, 15) is 14.0 Å². The zero-order valence-corrected chi connectivity index (χ0v) is 12.8. The first-order valence-corrected chi connectivity index (χ1v) is 7.16. The molecule has 0 aliphatic heterocycles. The van der Waals surface area contributed by atoms with E-state index >= 15 is 0 Å². The Bertz CT molecular complexity index is 1020. The van der Waals surface area contributed by atoms with Crippen LogP contribution in [0.3, 0.4) is 0 Å². The van der Waals surface area contributed by atoms with E-state index in [1.54, 1.807) is 30.3 Å². The Balaban J connectivity index is 2.04. The van der Waals surface area contributed by atoms with Crippen LogP contribution in [0.15, 0.2) is 69.9 Å². The van der Waals surface area contributed by atoms with Crippen molar-refractivity contribution in [2.24, 2.45) is 0 Å². The van der Waals surface area contributed by atoms with E-state index in [0.29, 0.717) is 11.0 Å². The van der Waals surface area contributed by atoms with E-state index in [0.717, 1.165) is 6.07 Å². The molecule has 0 N–H and O–H groups in total. The standard InChI is InChI=1S/C19H13FO4/c1-11(2)18(21)23-13-7-8-14(16(20)10-13)15-9-12-5-3-4-6-17(12)24-19(15)22/h3-10H,1H2,2H3. The first kappa shape index (κ1) is 15.7. The van der Waals surface area contributed by atoms with Gasteiger partial charge in [-0.2, -0.15) is 0 Å². The monoisotopic (exact) mass is 324 g/mol. The Morgan fingerprint density at radius 3 is 2.58 bits per heavy atom. The van der Waals surface area contributed by atoms with Gasteiger partial charge in [0.15, 0.2) is 0 Å². The third kappa shape index (κ3) is 2.96. The minimum absolute atomic E-state index is 0.0365. The van der Waals surface area contributed by atoms with Crippen molar-refractivity contribution in [1.82, 2.24) is 0 Å². The molecule has 3 rings (SSSR count). The van der Waals surface area contributed by atoms with E-state index in [-0.39, 0.29) is 22.4 Å². The minimum atomic E-state index is -0.690. The third-order valence-corrected chi connectivity index (χ3v) is 3.43. The largest absolute Gasteiger partial charge is 0.423 e. The lowest BCUT2D eigenvalue weighted by atomic mass is 10.1. The Morgan fingerprint density at radius 2 is 1.88 bits per heavy atom. The smallest absolute Gasteiger partial charge is 0.344 e. The number of ether oxygens (including phenoxy) is 1. The predicted octanol–water partition coefficient (Wildman–Crippen LogP) is 4.08. The van der Waals surface area contributed by atoms with Gasteiger partial charge in [-0.25, -0.2) is 14.0 Å². The highest BCUT2D eigenvalue weighted by Crippen LogP contribution is 2.26. The molecule has 5 heteroatoms. The van der Waals surface area contributed by atoms with Crippen LogP contribution in [0.4, 0.5) is 4.39 Å². The third-order valence-electron chi connectivity index (χ3n) is 3.43. The maximum Gasteiger partial charge on any atom is 0.344 e. The van der Waals surface area contributed by atoms with Crippen LogP contribution in [0, 0.1) is 5.82 Å². The number of halogens is 1. The van der Waals surface area contributed by atoms with Gasteiger partial charge in [0.25, 0.3) is 0 Å². The second kappa shape index (κ2) is 6.12. The van der Waals surface area contributed by atoms with E-state index in [1.807, 2.05) is 0 Å². The maximum absolute atomic E-state index is 14.4. The number of carbonyl (C=O) groups is 1. The molecular formula is C19H13FO4. The molecule has 0 atom stereocenters. The number of rotatable bonds is 3. The summed E-state index contributed by atoms with van der Waals surface area (Å²) < 4.78 is 24.6. The fraction of sp³-hybridized carbons (Fsp3) is 0.0526. The Hall–Kier alpha value is -3.21. The lowest BCUT2D eigenvalue weighted by molar-refractivity contribution is -0.130. The maximum atomic E-state index is 14.4. The zero-order valence-electron chi connectivity index (χ0n) is 12.8. The van der Waals surface area contributed by atoms with Gasteiger partial charge in [-0.1, -0.05) is 24.8 Å². The SMILES string of the molecule is C=C(C)C(=O)Oc1ccc(-c2cc3ccccc3oc2=O)c(F)c1. The van der Waals surface area contributed by atoms with Crippen molar-refractivity contribution in [2.75, 3.05) is 0 Å². The van der Waals surface area contributed by atoms with Crippen molar-refractivity contribution in [2.45, 2.75) is 6.92 Å². The summed E-state index contributed by atoms with van der Waals surface area (Å²) in [6.45, 7) is 4.95. The number of fused-ring (bicyclic) bond motifs is 1. The van der Waals surface area contributed by atoms with Crippen molar-refractivity contribution in [1.29, 1.82) is 0 Å². The van der Waals surface area contributed by atoms with Crippen molar-refractivity contribution in [3.8, 4) is 16.9 Å². The zero-order chi connectivity index (χ0) is 17.3. The Kier molecular flexibility index (Phi) is 4.00. The molecular weight excluding hydrogens is 311 g/mol. The van der Waals surface area contributed by atoms with Gasteiger partial charge in [-0.3, -0.25) is 0 Å². The molecule has 0 saturated heterocycles. The van der Waals surface area contributed by atoms with Gasteiger partial charge in [0.2, 0.25) is 0 Å². The van der Waals surface area contributed by atoms with Gasteiger partial charge in [0.1, 0.15) is 17.1 Å². The van der Waals surface area contributed by atoms with Gasteiger partial charge in [-0.15, -0.1) is 0 Å². The Morgan fingerprint density at radius 1 is 1.12 bits per heavy atom. The second-order valence-electron chi connectivity index (χ2n) is 5.30. The summed E-state index contributed by atoms with van der Waals surface area (Å²) in [5.74, 6) is -1.30. The summed E-state index contributed by atoms with van der Waals surface area (Å²) in [5.41, 5.74) is 0.168. The molecule has 0 fully saturated rings. The highest BCUT2D eigenvalue weighted by Gasteiger charge is 2.14. The van der Waals surface area contributed by atoms with Crippen molar-refractivity contribution < 1.29 is 18.3 Å². The topological polar surface area (TPSA) is 56.5 Å². The van der Waals surface area contributed by atoms with E-state index < -0.39 is 17.4 Å². The second-order valence-corrected chi connectivity index (χ2v) is 5.30. The lowest BCUT2D eigenvalue weighted by Gasteiger charge is -2.07. The van der Waals surface area contributed by atoms with Crippen LogP contribution in [0.5, 0.6) is 5.75 Å². The quantitative estimate of drug-likeness (QED) is 0.315. The van der Waals surface area contributed by atoms with Crippen molar-refractivity contribution in [3.63, 3.8) is 0 Å². The summed E-state index contributed by atoms with van der Waals surface area (Å²) in [6, 6.07) is 12.4. The van der Waals surface area contributed by atoms with Gasteiger partial charge < -0.3 is 9.15 Å². The summed E-state index contributed by atoms with van der Waals surface area (Å²) in [5, 5.41) is 0.685. The fourth-order valence-corrected chi connectivity index (χ4v) is 2.22. The van der Waals surface area contributed by atoms with Gasteiger partial charge in [0.05, 0.1) is 5.56 Å². The van der Waals surface area contributed by atoms with Crippen LogP contribution in [-0.4, -0.2) is 5.97 Å². The van der Waals surface area contributed by atoms with E-state index in [4.69, 9.17) is 9.15 Å². The molecule has 0 amide bonds. The van der Waals surface area contributed by atoms with Crippen molar-refractivity contribution in [3.05, 3.63) is 76.9 Å². The molecule has 0 spiro atoms. The summed E-state index contributed by atoms with van der Waals surface area (Å²) in [6.07, 6.45) is 0. The number of benzene rings is 2. The van der Waals surface area contributed by atoms with Gasteiger partial charge >= 0.3 is 11.6 Å². The molecule has 0 bridgehead atoms. The highest BCUT2D eigenvalue weighted by atomic mass is 19.1. The number of esters is 1. The van der Waals surface area contributed by atoms with E-state index in [2.05, 4.69) is 6.58 Å². The molecule has 0 saturated carbocycles. The lowest BCUT2D eigenvalue weighted by Crippen LogP contribution is -2.09. The number of hydrogen-bond donors (Lipinski definition) is 0. The van der Waals surface area contributed by atoms with Crippen LogP contribution >= 0.6 is 0 Å². The van der Waals surface area contributed by atoms with Crippen LogP contribution in [-0.2, 0) is 4.79 Å². The highest BCUT2D eigenvalue weighted by molar-refractivity contribution is 5.89. The van der Waals surface area contributed by atoms with E-state index in [1.165, 1.54) is 19.1 Å². The molecule has 1 aromatic heterocycles. The van der Waals surface area contributed by atoms with Crippen LogP contribution in [0.25, 0.3) is 22.1 Å². The number of carbonyl (C=O) groups excluding carboxylic acids is 1. The normalized spacial score (nSPS) is 10.6. The van der Waals surface area contributed by atoms with Gasteiger partial charge in [-0.05, 0) is 31.2 Å². The molecule has 120 valence electrons. The molecule has 4 nitrogen and oxygen atoms in total. The molecule has 3 aromatic rings. The number of hydrogen-bond acceptors (Lipinski definition) is 4. The molecule has 2 aromatic carbocycles. The molecule has 24 heavy (non-hydrogen) atoms. The van der Waals surface area contributed by atoms with Crippen LogP contribution in [0.1, 0.15) is 6.92 Å². The molecule has 1 heterocycles. The van der Waals surface area contributed by atoms with Crippen LogP contribution < -0.4 is 10.4 Å². The number of para-hydroxylation sites is 1. The first-order valence-electron chi connectivity index (χ1n) is 7.16. The molecule has 0 aliphatic carbocycles. The van der Waals surface area contributed by atoms with Crippen LogP contribution in [0.2, 0.25) is 0 Å². The molecule has 0 aliphatic rings. The average Bonchev–Trinajstić information content (AvgIpc) is 2.54. The minimum Gasteiger partial charge on any atom is -0.423 e. The fourth-order valence-electron chi connectivity index (χ4n) is 2.22. The summed E-state index contributed by atoms with van der Waals surface area (Å²) >= 11 is 0. The summed E-state index contributed by atoms with van der Waals surface area (Å²) in [7, 11) is 0. The first-order chi connectivity index (χ1) is 11.5. The predicted molar refractivity (Wildman–Crippen MR) is 88.3 cm³/mol. The Labute approximate surface area is 136 Å². The summed E-state index contributed by atoms with van der Waals surface area (Å²) in [4.78, 5) is 23.6. The molecule has 0 radical (unpaired) electrons.